The fourth-order valence-corrected chi connectivity index (χ4v) is 1.57. The normalized spacial score (nSPS) is 9.85. The Morgan fingerprint density at radius 1 is 1.46 bits per heavy atom. The van der Waals surface area contributed by atoms with E-state index in [2.05, 4.69) is 15.9 Å². The number of hydrogen-bond acceptors (Lipinski definition) is 2. The van der Waals surface area contributed by atoms with Gasteiger partial charge in [0.05, 0.1) is 18.2 Å². The van der Waals surface area contributed by atoms with Crippen LogP contribution in [0.1, 0.15) is 6.92 Å². The Kier molecular flexibility index (Phi) is 3.54. The van der Waals surface area contributed by atoms with Crippen LogP contribution in [0.25, 0.3) is 0 Å². The Morgan fingerprint density at radius 2 is 2.15 bits per heavy atom. The first-order chi connectivity index (χ1) is 6.19. The molecule has 0 heterocycles. The molecule has 0 N–H and O–H groups in total. The van der Waals surface area contributed by atoms with Gasteiger partial charge in [-0.2, -0.15) is 0 Å². The first-order valence-corrected chi connectivity index (χ1v) is 4.64. The number of benzene rings is 1. The quantitative estimate of drug-likeness (QED) is 0.819. The minimum atomic E-state index is -0.351. The van der Waals surface area contributed by atoms with Crippen LogP contribution in [0.2, 0.25) is 0 Å². The molecule has 0 amide bonds. The second-order valence-corrected chi connectivity index (χ2v) is 3.21. The monoisotopic (exact) mass is 248 g/mol. The number of methoxy groups -OCH3 is 1. The van der Waals surface area contributed by atoms with Gasteiger partial charge >= 0.3 is 0 Å². The summed E-state index contributed by atoms with van der Waals surface area (Å²) in [6.45, 7) is 2.31. The highest BCUT2D eigenvalue weighted by atomic mass is 79.9. The summed E-state index contributed by atoms with van der Waals surface area (Å²) in [7, 11) is 1.51. The highest BCUT2D eigenvalue weighted by Crippen LogP contribution is 2.35. The van der Waals surface area contributed by atoms with Gasteiger partial charge in [-0.3, -0.25) is 0 Å². The molecule has 4 heteroatoms. The minimum Gasteiger partial charge on any atom is -0.492 e. The highest BCUT2D eigenvalue weighted by molar-refractivity contribution is 9.10. The van der Waals surface area contributed by atoms with Crippen LogP contribution in [-0.4, -0.2) is 13.7 Å². The summed E-state index contributed by atoms with van der Waals surface area (Å²) in [4.78, 5) is 0. The van der Waals surface area contributed by atoms with Gasteiger partial charge in [0.25, 0.3) is 0 Å². The molecule has 72 valence electrons. The topological polar surface area (TPSA) is 18.5 Å². The van der Waals surface area contributed by atoms with Crippen molar-refractivity contribution < 1.29 is 13.9 Å². The fraction of sp³-hybridized carbons (Fsp3) is 0.333. The van der Waals surface area contributed by atoms with Gasteiger partial charge in [-0.05, 0) is 28.9 Å². The Balaban J connectivity index is 3.13. The van der Waals surface area contributed by atoms with Gasteiger partial charge in [-0.1, -0.05) is 0 Å². The number of rotatable bonds is 3. The lowest BCUT2D eigenvalue weighted by Gasteiger charge is -2.10. The van der Waals surface area contributed by atoms with Crippen LogP contribution < -0.4 is 9.47 Å². The molecule has 0 fully saturated rings. The van der Waals surface area contributed by atoms with Crippen LogP contribution in [0.15, 0.2) is 16.6 Å². The Morgan fingerprint density at radius 3 is 2.69 bits per heavy atom. The third-order valence-corrected chi connectivity index (χ3v) is 2.07. The van der Waals surface area contributed by atoms with Crippen molar-refractivity contribution in [3.8, 4) is 11.5 Å². The van der Waals surface area contributed by atoms with E-state index in [-0.39, 0.29) is 5.82 Å². The van der Waals surface area contributed by atoms with Crippen LogP contribution in [0, 0.1) is 5.82 Å². The largest absolute Gasteiger partial charge is 0.492 e. The van der Waals surface area contributed by atoms with Crippen molar-refractivity contribution in [1.29, 1.82) is 0 Å². The summed E-state index contributed by atoms with van der Waals surface area (Å²) >= 11 is 3.18. The van der Waals surface area contributed by atoms with Gasteiger partial charge < -0.3 is 9.47 Å². The molecule has 0 atom stereocenters. The van der Waals surface area contributed by atoms with Crippen LogP contribution in [0.4, 0.5) is 4.39 Å². The average molecular weight is 249 g/mol. The van der Waals surface area contributed by atoms with Crippen molar-refractivity contribution in [2.75, 3.05) is 13.7 Å². The van der Waals surface area contributed by atoms with Crippen LogP contribution in [-0.2, 0) is 0 Å². The smallest absolute Gasteiger partial charge is 0.175 e. The number of halogens is 2. The van der Waals surface area contributed by atoms with Crippen LogP contribution >= 0.6 is 15.9 Å². The Hall–Kier alpha value is -0.770. The first kappa shape index (κ1) is 10.3. The molecule has 0 unspecified atom stereocenters. The van der Waals surface area contributed by atoms with E-state index in [4.69, 9.17) is 9.47 Å². The summed E-state index contributed by atoms with van der Waals surface area (Å²) in [6.07, 6.45) is 0. The molecule has 0 aliphatic rings. The van der Waals surface area contributed by atoms with E-state index in [0.717, 1.165) is 0 Å². The van der Waals surface area contributed by atoms with Gasteiger partial charge in [0.2, 0.25) is 0 Å². The van der Waals surface area contributed by atoms with Crippen LogP contribution in [0.3, 0.4) is 0 Å². The summed E-state index contributed by atoms with van der Waals surface area (Å²) in [5.74, 6) is 0.580. The lowest BCUT2D eigenvalue weighted by molar-refractivity contribution is 0.308. The summed E-state index contributed by atoms with van der Waals surface area (Å²) in [5, 5.41) is 0. The van der Waals surface area contributed by atoms with E-state index < -0.39 is 0 Å². The zero-order valence-corrected chi connectivity index (χ0v) is 9.02. The molecule has 1 aromatic carbocycles. The Labute approximate surface area is 84.8 Å². The first-order valence-electron chi connectivity index (χ1n) is 3.84. The van der Waals surface area contributed by atoms with E-state index in [1.807, 2.05) is 6.92 Å². The van der Waals surface area contributed by atoms with E-state index in [0.29, 0.717) is 22.6 Å². The van der Waals surface area contributed by atoms with Crippen LogP contribution in [0.5, 0.6) is 11.5 Å². The zero-order chi connectivity index (χ0) is 9.84. The van der Waals surface area contributed by atoms with Crippen molar-refractivity contribution >= 4 is 15.9 Å². The fourth-order valence-electron chi connectivity index (χ4n) is 0.998. The third kappa shape index (κ3) is 2.34. The molecular formula is C9H10BrFO2. The lowest BCUT2D eigenvalue weighted by Crippen LogP contribution is -1.96. The SMILES string of the molecule is CCOc1cc(F)cc(Br)c1OC. The second-order valence-electron chi connectivity index (χ2n) is 2.35. The molecule has 0 saturated carbocycles. The molecule has 0 aliphatic heterocycles. The van der Waals surface area contributed by atoms with Crippen molar-refractivity contribution in [3.05, 3.63) is 22.4 Å². The lowest BCUT2D eigenvalue weighted by atomic mass is 10.3. The molecule has 1 aromatic rings. The maximum Gasteiger partial charge on any atom is 0.175 e. The molecule has 0 aliphatic carbocycles. The average Bonchev–Trinajstić information content (AvgIpc) is 2.04. The third-order valence-electron chi connectivity index (χ3n) is 1.48. The maximum atomic E-state index is 12.9. The Bertz CT molecular complexity index is 302. The van der Waals surface area contributed by atoms with Gasteiger partial charge in [-0.15, -0.1) is 0 Å². The molecular weight excluding hydrogens is 239 g/mol. The van der Waals surface area contributed by atoms with E-state index in [1.165, 1.54) is 19.2 Å². The second kappa shape index (κ2) is 4.46. The zero-order valence-electron chi connectivity index (χ0n) is 7.43. The van der Waals surface area contributed by atoms with Crippen molar-refractivity contribution in [2.45, 2.75) is 6.92 Å². The number of ether oxygens (including phenoxy) is 2. The minimum absolute atomic E-state index is 0.351. The standard InChI is InChI=1S/C9H10BrFO2/c1-3-13-8-5-6(11)4-7(10)9(8)12-2/h4-5H,3H2,1-2H3. The molecule has 2 nitrogen and oxygen atoms in total. The molecule has 13 heavy (non-hydrogen) atoms. The van der Waals surface area contributed by atoms with Gasteiger partial charge in [0.1, 0.15) is 5.82 Å². The molecule has 1 rings (SSSR count). The molecule has 0 aromatic heterocycles. The molecule has 0 saturated heterocycles. The van der Waals surface area contributed by atoms with E-state index in [9.17, 15) is 4.39 Å². The van der Waals surface area contributed by atoms with E-state index in [1.54, 1.807) is 0 Å². The summed E-state index contributed by atoms with van der Waals surface area (Å²) in [6, 6.07) is 2.63. The molecule has 0 radical (unpaired) electrons. The van der Waals surface area contributed by atoms with Crippen molar-refractivity contribution in [1.82, 2.24) is 0 Å². The highest BCUT2D eigenvalue weighted by Gasteiger charge is 2.10. The number of hydrogen-bond donors (Lipinski definition) is 0. The van der Waals surface area contributed by atoms with Gasteiger partial charge in [-0.25, -0.2) is 4.39 Å². The predicted molar refractivity (Wildman–Crippen MR) is 51.8 cm³/mol. The van der Waals surface area contributed by atoms with E-state index >= 15 is 0 Å². The summed E-state index contributed by atoms with van der Waals surface area (Å²) in [5.41, 5.74) is 0. The van der Waals surface area contributed by atoms with Gasteiger partial charge in [0, 0.05) is 6.07 Å². The van der Waals surface area contributed by atoms with Gasteiger partial charge in [0.15, 0.2) is 11.5 Å². The molecule has 0 bridgehead atoms. The van der Waals surface area contributed by atoms with Crippen molar-refractivity contribution in [3.63, 3.8) is 0 Å². The molecule has 0 spiro atoms. The van der Waals surface area contributed by atoms with Crippen molar-refractivity contribution in [2.24, 2.45) is 0 Å². The predicted octanol–water partition coefficient (Wildman–Crippen LogP) is 3.00. The maximum absolute atomic E-state index is 12.9. The summed E-state index contributed by atoms with van der Waals surface area (Å²) < 4.78 is 23.7.